The topological polar surface area (TPSA) is 22.4 Å². The van der Waals surface area contributed by atoms with Crippen LogP contribution in [0.1, 0.15) is 29.2 Å². The summed E-state index contributed by atoms with van der Waals surface area (Å²) in [6.45, 7) is 2.03. The maximum atomic E-state index is 6.51. The van der Waals surface area contributed by atoms with E-state index in [0.717, 1.165) is 29.1 Å². The van der Waals surface area contributed by atoms with Crippen LogP contribution in [0.25, 0.3) is 0 Å². The number of aryl methyl sites for hydroxylation is 1. The molecule has 2 nitrogen and oxygen atoms in total. The van der Waals surface area contributed by atoms with Gasteiger partial charge in [0, 0.05) is 22.6 Å². The van der Waals surface area contributed by atoms with E-state index >= 15 is 0 Å². The summed E-state index contributed by atoms with van der Waals surface area (Å²) in [6.07, 6.45) is 2.45. The third-order valence-electron chi connectivity index (χ3n) is 2.84. The first-order chi connectivity index (χ1) is 8.67. The molecule has 0 aliphatic heterocycles. The first-order valence-corrected chi connectivity index (χ1v) is 6.52. The Kier molecular flexibility index (Phi) is 4.20. The SMILES string of the molecule is CCc1occc1C(Cl)c1cc(Cl)ccc1OC. The number of ether oxygens (including phenoxy) is 1. The Balaban J connectivity index is 2.45. The molecule has 0 bridgehead atoms. The van der Waals surface area contributed by atoms with Crippen molar-refractivity contribution in [3.63, 3.8) is 0 Å². The second-order valence-electron chi connectivity index (χ2n) is 3.90. The molecule has 1 unspecified atom stereocenters. The van der Waals surface area contributed by atoms with Crippen molar-refractivity contribution in [1.82, 2.24) is 0 Å². The van der Waals surface area contributed by atoms with Crippen molar-refractivity contribution in [2.75, 3.05) is 7.11 Å². The zero-order chi connectivity index (χ0) is 13.1. The second kappa shape index (κ2) is 5.68. The first kappa shape index (κ1) is 13.3. The van der Waals surface area contributed by atoms with Gasteiger partial charge in [-0.25, -0.2) is 0 Å². The predicted molar refractivity (Wildman–Crippen MR) is 73.8 cm³/mol. The number of benzene rings is 1. The Morgan fingerprint density at radius 2 is 2.06 bits per heavy atom. The van der Waals surface area contributed by atoms with Crippen LogP contribution in [0.2, 0.25) is 5.02 Å². The molecule has 0 amide bonds. The monoisotopic (exact) mass is 284 g/mol. The van der Waals surface area contributed by atoms with Gasteiger partial charge in [0.2, 0.25) is 0 Å². The summed E-state index contributed by atoms with van der Waals surface area (Å²) in [4.78, 5) is 0. The van der Waals surface area contributed by atoms with Crippen molar-refractivity contribution in [3.8, 4) is 5.75 Å². The van der Waals surface area contributed by atoms with Gasteiger partial charge in [-0.05, 0) is 24.3 Å². The summed E-state index contributed by atoms with van der Waals surface area (Å²) in [5.74, 6) is 1.61. The zero-order valence-electron chi connectivity index (χ0n) is 10.2. The number of alkyl halides is 1. The van der Waals surface area contributed by atoms with E-state index in [2.05, 4.69) is 0 Å². The van der Waals surface area contributed by atoms with Crippen molar-refractivity contribution in [1.29, 1.82) is 0 Å². The lowest BCUT2D eigenvalue weighted by Gasteiger charge is -2.14. The predicted octanol–water partition coefficient (Wildman–Crippen LogP) is 4.83. The molecule has 1 aromatic heterocycles. The lowest BCUT2D eigenvalue weighted by Crippen LogP contribution is -1.98. The van der Waals surface area contributed by atoms with Gasteiger partial charge in [0.15, 0.2) is 0 Å². The molecule has 0 saturated carbocycles. The third kappa shape index (κ3) is 2.50. The smallest absolute Gasteiger partial charge is 0.124 e. The highest BCUT2D eigenvalue weighted by molar-refractivity contribution is 6.31. The van der Waals surface area contributed by atoms with E-state index in [1.165, 1.54) is 0 Å². The molecule has 18 heavy (non-hydrogen) atoms. The molecule has 0 aliphatic rings. The molecule has 2 rings (SSSR count). The van der Waals surface area contributed by atoms with Crippen molar-refractivity contribution < 1.29 is 9.15 Å². The van der Waals surface area contributed by atoms with E-state index in [1.807, 2.05) is 25.1 Å². The van der Waals surface area contributed by atoms with Gasteiger partial charge < -0.3 is 9.15 Å². The standard InChI is InChI=1S/C14H14Cl2O2/c1-3-12-10(6-7-18-12)14(16)11-8-9(15)4-5-13(11)17-2/h4-8,14H,3H2,1-2H3. The highest BCUT2D eigenvalue weighted by atomic mass is 35.5. The summed E-state index contributed by atoms with van der Waals surface area (Å²) in [5.41, 5.74) is 1.81. The Hall–Kier alpha value is -1.12. The minimum atomic E-state index is -0.327. The zero-order valence-corrected chi connectivity index (χ0v) is 11.8. The summed E-state index contributed by atoms with van der Waals surface area (Å²) in [7, 11) is 1.62. The quantitative estimate of drug-likeness (QED) is 0.750. The molecule has 0 fully saturated rings. The first-order valence-electron chi connectivity index (χ1n) is 5.71. The van der Waals surface area contributed by atoms with Crippen molar-refractivity contribution >= 4 is 23.2 Å². The normalized spacial score (nSPS) is 12.4. The van der Waals surface area contributed by atoms with E-state index in [1.54, 1.807) is 19.4 Å². The van der Waals surface area contributed by atoms with Crippen LogP contribution in [0.3, 0.4) is 0 Å². The summed E-state index contributed by atoms with van der Waals surface area (Å²) in [5, 5.41) is 0.311. The fraction of sp³-hybridized carbons (Fsp3) is 0.286. The molecule has 96 valence electrons. The van der Waals surface area contributed by atoms with Crippen LogP contribution in [-0.2, 0) is 6.42 Å². The van der Waals surface area contributed by atoms with E-state index < -0.39 is 0 Å². The largest absolute Gasteiger partial charge is 0.496 e. The number of halogens is 2. The minimum absolute atomic E-state index is 0.327. The summed E-state index contributed by atoms with van der Waals surface area (Å²) in [6, 6.07) is 7.31. The van der Waals surface area contributed by atoms with Crippen LogP contribution in [0.15, 0.2) is 34.9 Å². The average molecular weight is 285 g/mol. The fourth-order valence-electron chi connectivity index (χ4n) is 1.93. The van der Waals surface area contributed by atoms with Gasteiger partial charge in [-0.3, -0.25) is 0 Å². The molecule has 1 aromatic carbocycles. The Morgan fingerprint density at radius 3 is 2.72 bits per heavy atom. The van der Waals surface area contributed by atoms with Gasteiger partial charge in [0.25, 0.3) is 0 Å². The van der Waals surface area contributed by atoms with E-state index in [4.69, 9.17) is 32.4 Å². The van der Waals surface area contributed by atoms with Crippen LogP contribution >= 0.6 is 23.2 Å². The van der Waals surface area contributed by atoms with Gasteiger partial charge in [-0.15, -0.1) is 11.6 Å². The van der Waals surface area contributed by atoms with Gasteiger partial charge in [-0.1, -0.05) is 18.5 Å². The van der Waals surface area contributed by atoms with E-state index in [0.29, 0.717) is 5.02 Å². The van der Waals surface area contributed by atoms with Gasteiger partial charge in [0.1, 0.15) is 11.5 Å². The van der Waals surface area contributed by atoms with E-state index in [-0.39, 0.29) is 5.38 Å². The van der Waals surface area contributed by atoms with Crippen molar-refractivity contribution in [2.45, 2.75) is 18.7 Å². The highest BCUT2D eigenvalue weighted by Crippen LogP contribution is 2.38. The molecule has 0 radical (unpaired) electrons. The molecule has 1 heterocycles. The molecule has 0 aliphatic carbocycles. The Labute approximate surface area is 116 Å². The number of hydrogen-bond acceptors (Lipinski definition) is 2. The summed E-state index contributed by atoms with van der Waals surface area (Å²) >= 11 is 12.5. The lowest BCUT2D eigenvalue weighted by molar-refractivity contribution is 0.410. The van der Waals surface area contributed by atoms with Crippen LogP contribution in [0.5, 0.6) is 5.75 Å². The van der Waals surface area contributed by atoms with Crippen molar-refractivity contribution in [2.24, 2.45) is 0 Å². The average Bonchev–Trinajstić information content (AvgIpc) is 2.86. The maximum absolute atomic E-state index is 6.51. The second-order valence-corrected chi connectivity index (χ2v) is 4.77. The van der Waals surface area contributed by atoms with Gasteiger partial charge >= 0.3 is 0 Å². The number of hydrogen-bond donors (Lipinski definition) is 0. The number of rotatable bonds is 4. The van der Waals surface area contributed by atoms with Crippen LogP contribution in [-0.4, -0.2) is 7.11 Å². The van der Waals surface area contributed by atoms with Crippen LogP contribution < -0.4 is 4.74 Å². The number of furan rings is 1. The van der Waals surface area contributed by atoms with Crippen LogP contribution in [0.4, 0.5) is 0 Å². The lowest BCUT2D eigenvalue weighted by atomic mass is 10.0. The third-order valence-corrected chi connectivity index (χ3v) is 3.54. The molecule has 0 saturated heterocycles. The molecule has 0 N–H and O–H groups in total. The fourth-order valence-corrected chi connectivity index (χ4v) is 2.48. The Bertz CT molecular complexity index is 534. The molecule has 2 aromatic rings. The highest BCUT2D eigenvalue weighted by Gasteiger charge is 2.20. The van der Waals surface area contributed by atoms with Gasteiger partial charge in [0.05, 0.1) is 18.8 Å². The van der Waals surface area contributed by atoms with E-state index in [9.17, 15) is 0 Å². The van der Waals surface area contributed by atoms with Gasteiger partial charge in [-0.2, -0.15) is 0 Å². The van der Waals surface area contributed by atoms with Crippen LogP contribution in [0, 0.1) is 0 Å². The maximum Gasteiger partial charge on any atom is 0.124 e. The Morgan fingerprint density at radius 1 is 1.28 bits per heavy atom. The summed E-state index contributed by atoms with van der Waals surface area (Å²) < 4.78 is 10.7. The molecule has 4 heteroatoms. The number of methoxy groups -OCH3 is 1. The molecular weight excluding hydrogens is 271 g/mol. The molecule has 0 spiro atoms. The molecular formula is C14H14Cl2O2. The molecule has 1 atom stereocenters. The van der Waals surface area contributed by atoms with Crippen molar-refractivity contribution in [3.05, 3.63) is 52.4 Å². The minimum Gasteiger partial charge on any atom is -0.496 e.